The van der Waals surface area contributed by atoms with Crippen molar-refractivity contribution >= 4 is 29.7 Å². The Morgan fingerprint density at radius 2 is 1.12 bits per heavy atom. The third-order valence-electron chi connectivity index (χ3n) is 2.92. The molecule has 0 aromatic carbocycles. The molecule has 0 radical (unpaired) electrons. The highest BCUT2D eigenvalue weighted by Gasteiger charge is 2.25. The molecule has 0 aromatic heterocycles. The highest BCUT2D eigenvalue weighted by molar-refractivity contribution is 5.91. The predicted molar refractivity (Wildman–Crippen MR) is 90.8 cm³/mol. The number of carboxylic acid groups (broad SMARTS) is 4. The van der Waals surface area contributed by atoms with Gasteiger partial charge in [-0.2, -0.15) is 0 Å². The molecule has 4 N–H and O–H groups in total. The number of ketones is 1. The lowest BCUT2D eigenvalue weighted by Gasteiger charge is -2.27. The summed E-state index contributed by atoms with van der Waals surface area (Å²) in [6, 6.07) is 0. The maximum Gasteiger partial charge on any atom is 0.303 e. The molecular weight excluding hydrogens is 348 g/mol. The van der Waals surface area contributed by atoms with Crippen molar-refractivity contribution in [2.75, 3.05) is 0 Å². The molecule has 0 saturated heterocycles. The molecule has 0 fully saturated rings. The maximum atomic E-state index is 11.0. The topological polar surface area (TPSA) is 166 Å². The molecule has 9 nitrogen and oxygen atoms in total. The van der Waals surface area contributed by atoms with Gasteiger partial charge in [-0.1, -0.05) is 19.4 Å². The minimum Gasteiger partial charge on any atom is -0.481 e. The summed E-state index contributed by atoms with van der Waals surface area (Å²) in [5.41, 5.74) is 1.43. The van der Waals surface area contributed by atoms with Crippen LogP contribution in [0.15, 0.2) is 11.6 Å². The number of hydrogen-bond acceptors (Lipinski definition) is 5. The average Bonchev–Trinajstić information content (AvgIpc) is 2.41. The van der Waals surface area contributed by atoms with Gasteiger partial charge in [-0.05, 0) is 24.8 Å². The lowest BCUT2D eigenvalue weighted by atomic mass is 9.77. The molecule has 9 heteroatoms. The molecule has 0 unspecified atom stereocenters. The van der Waals surface area contributed by atoms with Crippen molar-refractivity contribution in [2.45, 2.75) is 59.3 Å². The van der Waals surface area contributed by atoms with E-state index >= 15 is 0 Å². The van der Waals surface area contributed by atoms with E-state index in [9.17, 15) is 24.0 Å². The third kappa shape index (κ3) is 19.3. The third-order valence-corrected chi connectivity index (χ3v) is 2.92. The van der Waals surface area contributed by atoms with Crippen molar-refractivity contribution in [3.05, 3.63) is 11.6 Å². The van der Waals surface area contributed by atoms with Gasteiger partial charge in [0.2, 0.25) is 0 Å². The lowest BCUT2D eigenvalue weighted by molar-refractivity contribution is -0.143. The summed E-state index contributed by atoms with van der Waals surface area (Å²) in [6.07, 6.45) is 2.36. The van der Waals surface area contributed by atoms with Crippen LogP contribution in [0.5, 0.6) is 0 Å². The SMILES string of the molecule is CC1=CC(=O)CC(C)(C)C1.O=C(O)CCC(=O)O.O=C(O)CCC(=O)O. The van der Waals surface area contributed by atoms with Crippen LogP contribution in [0.25, 0.3) is 0 Å². The van der Waals surface area contributed by atoms with E-state index in [0.29, 0.717) is 6.42 Å². The quantitative estimate of drug-likeness (QED) is 0.545. The minimum atomic E-state index is -1.08. The van der Waals surface area contributed by atoms with Crippen LogP contribution in [0.1, 0.15) is 59.3 Å². The molecule has 1 aliphatic carbocycles. The van der Waals surface area contributed by atoms with Crippen LogP contribution in [0.2, 0.25) is 0 Å². The number of carbonyl (C=O) groups is 5. The number of allylic oxidation sites excluding steroid dienone is 2. The van der Waals surface area contributed by atoms with Gasteiger partial charge in [0.05, 0.1) is 25.7 Å². The van der Waals surface area contributed by atoms with Crippen LogP contribution < -0.4 is 0 Å². The standard InChI is InChI=1S/C9H14O.2C4H6O4/c1-7-4-8(10)6-9(2,3)5-7;2*5-3(6)1-2-4(7)8/h4H,5-6H2,1-3H3;2*1-2H2,(H,5,6)(H,7,8). The van der Waals surface area contributed by atoms with Crippen LogP contribution in [0, 0.1) is 5.41 Å². The lowest BCUT2D eigenvalue weighted by Crippen LogP contribution is -2.20. The van der Waals surface area contributed by atoms with Crippen LogP contribution >= 0.6 is 0 Å². The van der Waals surface area contributed by atoms with Crippen molar-refractivity contribution in [1.82, 2.24) is 0 Å². The molecule has 0 heterocycles. The van der Waals surface area contributed by atoms with Gasteiger partial charge in [-0.3, -0.25) is 24.0 Å². The van der Waals surface area contributed by atoms with E-state index in [-0.39, 0.29) is 36.9 Å². The Morgan fingerprint density at radius 1 is 0.808 bits per heavy atom. The minimum absolute atomic E-state index is 0.204. The summed E-state index contributed by atoms with van der Waals surface area (Å²) in [6.45, 7) is 6.31. The van der Waals surface area contributed by atoms with Crippen LogP contribution in [0.4, 0.5) is 0 Å². The van der Waals surface area contributed by atoms with Crippen molar-refractivity contribution in [1.29, 1.82) is 0 Å². The molecule has 0 bridgehead atoms. The number of hydrogen-bond donors (Lipinski definition) is 4. The number of carboxylic acids is 4. The Bertz CT molecular complexity index is 503. The second kappa shape index (κ2) is 12.6. The zero-order valence-corrected chi connectivity index (χ0v) is 15.2. The van der Waals surface area contributed by atoms with E-state index < -0.39 is 23.9 Å². The number of carbonyl (C=O) groups excluding carboxylic acids is 1. The fourth-order valence-corrected chi connectivity index (χ4v) is 2.09. The van der Waals surface area contributed by atoms with Gasteiger partial charge < -0.3 is 20.4 Å². The molecule has 0 aromatic rings. The summed E-state index contributed by atoms with van der Waals surface area (Å²) in [4.78, 5) is 49.6. The highest BCUT2D eigenvalue weighted by atomic mass is 16.4. The summed E-state index contributed by atoms with van der Waals surface area (Å²) in [5.74, 6) is -4.02. The number of aliphatic carboxylic acids is 4. The summed E-state index contributed by atoms with van der Waals surface area (Å²) in [7, 11) is 0. The first kappa shape index (κ1) is 25.5. The zero-order valence-electron chi connectivity index (χ0n) is 15.2. The molecule has 0 aliphatic heterocycles. The molecule has 1 aliphatic rings. The largest absolute Gasteiger partial charge is 0.481 e. The first-order chi connectivity index (χ1) is 11.7. The summed E-state index contributed by atoms with van der Waals surface area (Å²) < 4.78 is 0. The monoisotopic (exact) mass is 374 g/mol. The summed E-state index contributed by atoms with van der Waals surface area (Å²) in [5, 5.41) is 31.6. The van der Waals surface area contributed by atoms with Gasteiger partial charge in [-0.15, -0.1) is 0 Å². The van der Waals surface area contributed by atoms with E-state index in [2.05, 4.69) is 13.8 Å². The van der Waals surface area contributed by atoms with Gasteiger partial charge in [-0.25, -0.2) is 0 Å². The molecule has 1 rings (SSSR count). The number of rotatable bonds is 6. The van der Waals surface area contributed by atoms with Crippen molar-refractivity contribution in [3.8, 4) is 0 Å². The van der Waals surface area contributed by atoms with Gasteiger partial charge in [0.1, 0.15) is 0 Å². The van der Waals surface area contributed by atoms with E-state index in [1.165, 1.54) is 5.57 Å². The van der Waals surface area contributed by atoms with Crippen LogP contribution in [0.3, 0.4) is 0 Å². The fraction of sp³-hybridized carbons (Fsp3) is 0.588. The van der Waals surface area contributed by atoms with Crippen molar-refractivity contribution < 1.29 is 44.4 Å². The van der Waals surface area contributed by atoms with Gasteiger partial charge in [0.25, 0.3) is 0 Å². The Balaban J connectivity index is 0. The molecule has 26 heavy (non-hydrogen) atoms. The van der Waals surface area contributed by atoms with Gasteiger partial charge in [0.15, 0.2) is 5.78 Å². The molecule has 0 spiro atoms. The molecule has 0 saturated carbocycles. The first-order valence-electron chi connectivity index (χ1n) is 7.82. The van der Waals surface area contributed by atoms with Crippen molar-refractivity contribution in [3.63, 3.8) is 0 Å². The van der Waals surface area contributed by atoms with Gasteiger partial charge in [0, 0.05) is 6.42 Å². The average molecular weight is 374 g/mol. The van der Waals surface area contributed by atoms with Crippen LogP contribution in [-0.4, -0.2) is 50.1 Å². The molecule has 0 atom stereocenters. The Hall–Kier alpha value is -2.71. The molecule has 0 amide bonds. The Morgan fingerprint density at radius 3 is 1.31 bits per heavy atom. The smallest absolute Gasteiger partial charge is 0.303 e. The van der Waals surface area contributed by atoms with Crippen LogP contribution in [-0.2, 0) is 24.0 Å². The molecular formula is C17H26O9. The van der Waals surface area contributed by atoms with Crippen molar-refractivity contribution in [2.24, 2.45) is 5.41 Å². The second-order valence-electron chi connectivity index (χ2n) is 6.55. The highest BCUT2D eigenvalue weighted by Crippen LogP contribution is 2.32. The van der Waals surface area contributed by atoms with E-state index in [0.717, 1.165) is 6.42 Å². The summed E-state index contributed by atoms with van der Waals surface area (Å²) >= 11 is 0. The fourth-order valence-electron chi connectivity index (χ4n) is 2.09. The zero-order chi connectivity index (χ0) is 20.9. The Kier molecular flexibility index (Phi) is 12.4. The predicted octanol–water partition coefficient (Wildman–Crippen LogP) is 2.19. The van der Waals surface area contributed by atoms with E-state index in [4.69, 9.17) is 20.4 Å². The Labute approximate surface area is 151 Å². The van der Waals surface area contributed by atoms with Gasteiger partial charge >= 0.3 is 23.9 Å². The van der Waals surface area contributed by atoms with E-state index in [1.54, 1.807) is 6.08 Å². The second-order valence-corrected chi connectivity index (χ2v) is 6.55. The first-order valence-corrected chi connectivity index (χ1v) is 7.82. The normalized spacial score (nSPS) is 14.6. The molecule has 148 valence electrons. The van der Waals surface area contributed by atoms with E-state index in [1.807, 2.05) is 6.92 Å². The maximum absolute atomic E-state index is 11.0.